The van der Waals surface area contributed by atoms with Gasteiger partial charge in [0.25, 0.3) is 0 Å². The van der Waals surface area contributed by atoms with E-state index < -0.39 is 0 Å². The Morgan fingerprint density at radius 1 is 1.50 bits per heavy atom. The summed E-state index contributed by atoms with van der Waals surface area (Å²) in [6.45, 7) is 0.544. The lowest BCUT2D eigenvalue weighted by Gasteiger charge is -1.94. The molecule has 4 heteroatoms. The van der Waals surface area contributed by atoms with Crippen LogP contribution in [0, 0.1) is 0 Å². The van der Waals surface area contributed by atoms with E-state index in [0.29, 0.717) is 6.54 Å². The van der Waals surface area contributed by atoms with Gasteiger partial charge in [0.1, 0.15) is 10.1 Å². The Bertz CT molecular complexity index is 473. The van der Waals surface area contributed by atoms with Gasteiger partial charge in [-0.25, -0.2) is 0 Å². The Kier molecular flexibility index (Phi) is 2.65. The molecule has 3 N–H and O–H groups in total. The van der Waals surface area contributed by atoms with E-state index in [1.54, 1.807) is 0 Å². The van der Waals surface area contributed by atoms with Crippen molar-refractivity contribution in [2.75, 3.05) is 6.54 Å². The quantitative estimate of drug-likeness (QED) is 0.861. The Morgan fingerprint density at radius 3 is 3.14 bits per heavy atom. The van der Waals surface area contributed by atoms with Crippen LogP contribution in [0.15, 0.2) is 28.9 Å². The zero-order chi connectivity index (χ0) is 9.97. The van der Waals surface area contributed by atoms with Gasteiger partial charge in [-0.05, 0) is 22.0 Å². The van der Waals surface area contributed by atoms with Gasteiger partial charge in [-0.1, -0.05) is 24.3 Å². The molecule has 0 fully saturated rings. The molecule has 3 nitrogen and oxygen atoms in total. The van der Waals surface area contributed by atoms with Gasteiger partial charge in [0.05, 0.1) is 0 Å². The third-order valence-electron chi connectivity index (χ3n) is 2.00. The highest BCUT2D eigenvalue weighted by Crippen LogP contribution is 2.24. The van der Waals surface area contributed by atoms with Gasteiger partial charge in [0.15, 0.2) is 0 Å². The molecule has 0 aliphatic heterocycles. The van der Waals surface area contributed by atoms with E-state index in [1.807, 2.05) is 30.4 Å². The van der Waals surface area contributed by atoms with Gasteiger partial charge < -0.3 is 5.73 Å². The topological polar surface area (TPSA) is 54.7 Å². The summed E-state index contributed by atoms with van der Waals surface area (Å²) in [4.78, 5) is 0. The average molecular weight is 252 g/mol. The van der Waals surface area contributed by atoms with Crippen LogP contribution in [0.1, 0.15) is 5.56 Å². The third kappa shape index (κ3) is 1.58. The molecule has 1 heterocycles. The number of aromatic nitrogens is 2. The normalized spacial score (nSPS) is 11.6. The molecule has 72 valence electrons. The molecular formula is C10H10BrN3. The van der Waals surface area contributed by atoms with Crippen LogP contribution in [0.4, 0.5) is 0 Å². The van der Waals surface area contributed by atoms with Crippen molar-refractivity contribution in [1.29, 1.82) is 0 Å². The van der Waals surface area contributed by atoms with E-state index in [1.165, 1.54) is 0 Å². The number of H-pyrrole nitrogens is 1. The van der Waals surface area contributed by atoms with E-state index in [-0.39, 0.29) is 0 Å². The number of rotatable bonds is 2. The molecule has 0 saturated carbocycles. The van der Waals surface area contributed by atoms with E-state index in [2.05, 4.69) is 26.1 Å². The molecule has 2 rings (SSSR count). The van der Waals surface area contributed by atoms with Gasteiger partial charge in [0.2, 0.25) is 0 Å². The summed E-state index contributed by atoms with van der Waals surface area (Å²) in [5, 5.41) is 8.19. The molecule has 14 heavy (non-hydrogen) atoms. The molecule has 0 aliphatic carbocycles. The zero-order valence-electron chi connectivity index (χ0n) is 7.50. The SMILES string of the molecule is NC/C=C/c1cccc2c(Br)[nH]nc12. The molecule has 0 aliphatic rings. The number of nitrogens with zero attached hydrogens (tertiary/aromatic N) is 1. The molecule has 0 radical (unpaired) electrons. The second kappa shape index (κ2) is 3.94. The Balaban J connectivity index is 2.60. The maximum Gasteiger partial charge on any atom is 0.108 e. The summed E-state index contributed by atoms with van der Waals surface area (Å²) >= 11 is 3.40. The van der Waals surface area contributed by atoms with Gasteiger partial charge in [-0.3, -0.25) is 5.10 Å². The molecule has 1 aromatic heterocycles. The second-order valence-corrected chi connectivity index (χ2v) is 3.71. The van der Waals surface area contributed by atoms with Crippen molar-refractivity contribution in [2.45, 2.75) is 0 Å². The minimum Gasteiger partial charge on any atom is -0.327 e. The zero-order valence-corrected chi connectivity index (χ0v) is 9.08. The van der Waals surface area contributed by atoms with Crippen LogP contribution >= 0.6 is 15.9 Å². The number of nitrogens with one attached hydrogen (secondary N) is 1. The van der Waals surface area contributed by atoms with Gasteiger partial charge in [-0.2, -0.15) is 5.10 Å². The first-order valence-corrected chi connectivity index (χ1v) is 5.11. The van der Waals surface area contributed by atoms with E-state index >= 15 is 0 Å². The monoisotopic (exact) mass is 251 g/mol. The third-order valence-corrected chi connectivity index (χ3v) is 2.61. The molecule has 0 atom stereocenters. The Labute approximate surface area is 90.1 Å². The molecular weight excluding hydrogens is 242 g/mol. The number of benzene rings is 1. The van der Waals surface area contributed by atoms with Crippen LogP contribution in [0.3, 0.4) is 0 Å². The van der Waals surface area contributed by atoms with Crippen molar-refractivity contribution in [1.82, 2.24) is 10.2 Å². The van der Waals surface area contributed by atoms with Crippen LogP contribution in [-0.2, 0) is 0 Å². The highest BCUT2D eigenvalue weighted by atomic mass is 79.9. The molecule has 0 spiro atoms. The molecule has 0 saturated heterocycles. The highest BCUT2D eigenvalue weighted by Gasteiger charge is 2.04. The minimum atomic E-state index is 0.544. The first-order chi connectivity index (χ1) is 6.83. The van der Waals surface area contributed by atoms with E-state index in [4.69, 9.17) is 5.73 Å². The fourth-order valence-corrected chi connectivity index (χ4v) is 1.77. The van der Waals surface area contributed by atoms with Crippen LogP contribution in [-0.4, -0.2) is 16.7 Å². The second-order valence-electron chi connectivity index (χ2n) is 2.92. The number of fused-ring (bicyclic) bond motifs is 1. The molecule has 0 amide bonds. The van der Waals surface area contributed by atoms with Crippen LogP contribution < -0.4 is 5.73 Å². The lowest BCUT2D eigenvalue weighted by Crippen LogP contribution is -1.92. The van der Waals surface area contributed by atoms with Crippen LogP contribution in [0.5, 0.6) is 0 Å². The first-order valence-electron chi connectivity index (χ1n) is 4.32. The predicted octanol–water partition coefficient (Wildman–Crippen LogP) is 2.30. The van der Waals surface area contributed by atoms with Crippen LogP contribution in [0.25, 0.3) is 17.0 Å². The summed E-state index contributed by atoms with van der Waals surface area (Å²) in [5.74, 6) is 0. The minimum absolute atomic E-state index is 0.544. The van der Waals surface area contributed by atoms with Gasteiger partial charge in [-0.15, -0.1) is 0 Å². The standard InChI is InChI=1S/C10H10BrN3/c11-10-8-5-1-3-7(4-2-6-12)9(8)13-14-10/h1-5H,6,12H2,(H,13,14)/b4-2+. The van der Waals surface area contributed by atoms with E-state index in [9.17, 15) is 0 Å². The molecule has 1 aromatic carbocycles. The number of hydrogen-bond donors (Lipinski definition) is 2. The van der Waals surface area contributed by atoms with Crippen LogP contribution in [0.2, 0.25) is 0 Å². The molecule has 0 bridgehead atoms. The van der Waals surface area contributed by atoms with Gasteiger partial charge >= 0.3 is 0 Å². The lowest BCUT2D eigenvalue weighted by molar-refractivity contribution is 1.09. The van der Waals surface area contributed by atoms with Gasteiger partial charge in [0, 0.05) is 17.5 Å². The van der Waals surface area contributed by atoms with Crippen molar-refractivity contribution in [3.8, 4) is 0 Å². The summed E-state index contributed by atoms with van der Waals surface area (Å²) in [6, 6.07) is 6.03. The predicted molar refractivity (Wildman–Crippen MR) is 61.9 cm³/mol. The fourth-order valence-electron chi connectivity index (χ4n) is 1.36. The van der Waals surface area contributed by atoms with Crippen molar-refractivity contribution < 1.29 is 0 Å². The largest absolute Gasteiger partial charge is 0.327 e. The van der Waals surface area contributed by atoms with Crippen molar-refractivity contribution >= 4 is 32.9 Å². The summed E-state index contributed by atoms with van der Waals surface area (Å²) in [6.07, 6.45) is 3.90. The number of halogens is 1. The lowest BCUT2D eigenvalue weighted by atomic mass is 10.1. The van der Waals surface area contributed by atoms with Crippen molar-refractivity contribution in [2.24, 2.45) is 5.73 Å². The van der Waals surface area contributed by atoms with Crippen molar-refractivity contribution in [3.05, 3.63) is 34.4 Å². The summed E-state index contributed by atoms with van der Waals surface area (Å²) in [7, 11) is 0. The smallest absolute Gasteiger partial charge is 0.108 e. The maximum absolute atomic E-state index is 5.40. The fraction of sp³-hybridized carbons (Fsp3) is 0.100. The summed E-state index contributed by atoms with van der Waals surface area (Å²) < 4.78 is 0.912. The Morgan fingerprint density at radius 2 is 2.36 bits per heavy atom. The van der Waals surface area contributed by atoms with Crippen molar-refractivity contribution in [3.63, 3.8) is 0 Å². The molecule has 2 aromatic rings. The summed E-state index contributed by atoms with van der Waals surface area (Å²) in [5.41, 5.74) is 7.44. The number of aromatic amines is 1. The number of nitrogens with two attached hydrogens (primary N) is 1. The van der Waals surface area contributed by atoms with E-state index in [0.717, 1.165) is 21.1 Å². The average Bonchev–Trinajstić information content (AvgIpc) is 2.58. The first kappa shape index (κ1) is 9.43. The molecule has 0 unspecified atom stereocenters. The Hall–Kier alpha value is -1.13. The number of hydrogen-bond acceptors (Lipinski definition) is 2. The maximum atomic E-state index is 5.40. The number of para-hydroxylation sites is 1. The highest BCUT2D eigenvalue weighted by molar-refractivity contribution is 9.10.